The van der Waals surface area contributed by atoms with E-state index in [1.807, 2.05) is 0 Å². The fraction of sp³-hybridized carbons (Fsp3) is 1.00. The maximum atomic E-state index is 9.56. The number of rotatable bonds is 8. The summed E-state index contributed by atoms with van der Waals surface area (Å²) in [6.45, 7) is 5.15. The number of aliphatic hydroxyl groups is 1. The molecule has 158 valence electrons. The van der Waals surface area contributed by atoms with Gasteiger partial charge in [0.05, 0.1) is 0 Å². The van der Waals surface area contributed by atoms with Crippen LogP contribution >= 0.6 is 0 Å². The van der Waals surface area contributed by atoms with Crippen LogP contribution in [0.1, 0.15) is 117 Å². The Bertz CT molecular complexity index is 389. The van der Waals surface area contributed by atoms with Crippen LogP contribution in [0.2, 0.25) is 0 Å². The molecule has 0 radical (unpaired) electrons. The van der Waals surface area contributed by atoms with E-state index in [-0.39, 0.29) is 0 Å². The summed E-state index contributed by atoms with van der Waals surface area (Å²) < 4.78 is 0. The van der Waals surface area contributed by atoms with Crippen LogP contribution in [-0.2, 0) is 0 Å². The highest BCUT2D eigenvalue weighted by molar-refractivity contribution is 4.88. The molecule has 1 N–H and O–H groups in total. The Morgan fingerprint density at radius 1 is 0.667 bits per heavy atom. The lowest BCUT2D eigenvalue weighted by molar-refractivity contribution is 0.0519. The number of hydrogen-bond donors (Lipinski definition) is 1. The molecule has 0 spiro atoms. The van der Waals surface area contributed by atoms with Gasteiger partial charge in [-0.1, -0.05) is 58.8 Å². The van der Waals surface area contributed by atoms with E-state index in [4.69, 9.17) is 0 Å². The molecule has 0 heterocycles. The molecule has 0 aliphatic heterocycles. The first-order valence-electron chi connectivity index (χ1n) is 12.9. The molecule has 3 aliphatic carbocycles. The molecule has 3 fully saturated rings. The second-order valence-electron chi connectivity index (χ2n) is 10.6. The van der Waals surface area contributed by atoms with E-state index in [0.717, 1.165) is 35.5 Å². The van der Waals surface area contributed by atoms with E-state index >= 15 is 0 Å². The van der Waals surface area contributed by atoms with Gasteiger partial charge in [-0.2, -0.15) is 0 Å². The molecule has 3 unspecified atom stereocenters. The van der Waals surface area contributed by atoms with Gasteiger partial charge in [-0.05, 0) is 99.2 Å². The van der Waals surface area contributed by atoms with Crippen LogP contribution in [0.4, 0.5) is 0 Å². The van der Waals surface area contributed by atoms with E-state index in [1.165, 1.54) is 89.9 Å². The van der Waals surface area contributed by atoms with Gasteiger partial charge in [0.15, 0.2) is 0 Å². The van der Waals surface area contributed by atoms with E-state index in [9.17, 15) is 5.11 Å². The summed E-state index contributed by atoms with van der Waals surface area (Å²) >= 11 is 0. The molecule has 1 heteroatoms. The lowest BCUT2D eigenvalue weighted by Gasteiger charge is -2.44. The third kappa shape index (κ3) is 5.97. The highest BCUT2D eigenvalue weighted by atomic mass is 16.3. The van der Waals surface area contributed by atoms with Crippen molar-refractivity contribution in [2.75, 3.05) is 6.61 Å². The van der Waals surface area contributed by atoms with Crippen LogP contribution in [0, 0.1) is 41.4 Å². The highest BCUT2D eigenvalue weighted by Crippen LogP contribution is 2.48. The van der Waals surface area contributed by atoms with Gasteiger partial charge in [0.25, 0.3) is 0 Å². The Morgan fingerprint density at radius 2 is 1.26 bits per heavy atom. The molecule has 0 aromatic carbocycles. The standard InChI is InChI=1S/C26H48O/c1-3-5-6-7-20-8-11-23(12-9-20)24-13-15-25(16-14-24)26-17-10-21(19-27)18-22(26)4-2/h20-27H,3-19H2,1-2H3. The molecule has 27 heavy (non-hydrogen) atoms. The van der Waals surface area contributed by atoms with Crippen molar-refractivity contribution >= 4 is 0 Å². The molecule has 1 nitrogen and oxygen atoms in total. The van der Waals surface area contributed by atoms with Crippen molar-refractivity contribution in [2.45, 2.75) is 117 Å². The van der Waals surface area contributed by atoms with Crippen molar-refractivity contribution < 1.29 is 5.11 Å². The van der Waals surface area contributed by atoms with Gasteiger partial charge in [-0.3, -0.25) is 0 Å². The van der Waals surface area contributed by atoms with Gasteiger partial charge in [-0.15, -0.1) is 0 Å². The summed E-state index contributed by atoms with van der Waals surface area (Å²) in [7, 11) is 0. The van der Waals surface area contributed by atoms with Gasteiger partial charge in [0, 0.05) is 6.61 Å². The summed E-state index contributed by atoms with van der Waals surface area (Å²) in [4.78, 5) is 0. The fourth-order valence-electron chi connectivity index (χ4n) is 7.32. The minimum Gasteiger partial charge on any atom is -0.396 e. The first-order chi connectivity index (χ1) is 13.2. The molecule has 0 bridgehead atoms. The maximum absolute atomic E-state index is 9.56. The fourth-order valence-corrected chi connectivity index (χ4v) is 7.32. The number of aliphatic hydroxyl groups excluding tert-OH is 1. The Morgan fingerprint density at radius 3 is 1.85 bits per heavy atom. The Balaban J connectivity index is 1.39. The lowest BCUT2D eigenvalue weighted by atomic mass is 9.62. The summed E-state index contributed by atoms with van der Waals surface area (Å²) in [5.41, 5.74) is 0. The summed E-state index contributed by atoms with van der Waals surface area (Å²) in [6, 6.07) is 0. The first-order valence-corrected chi connectivity index (χ1v) is 12.9. The topological polar surface area (TPSA) is 20.2 Å². The zero-order valence-corrected chi connectivity index (χ0v) is 18.5. The average Bonchev–Trinajstić information content (AvgIpc) is 2.74. The van der Waals surface area contributed by atoms with Gasteiger partial charge < -0.3 is 5.11 Å². The van der Waals surface area contributed by atoms with Crippen LogP contribution in [0.5, 0.6) is 0 Å². The molecule has 3 saturated carbocycles. The third-order valence-electron chi connectivity index (χ3n) is 9.13. The Kier molecular flexibility index (Phi) is 9.01. The van der Waals surface area contributed by atoms with Crippen molar-refractivity contribution in [1.82, 2.24) is 0 Å². The van der Waals surface area contributed by atoms with Gasteiger partial charge in [0.2, 0.25) is 0 Å². The van der Waals surface area contributed by atoms with E-state index in [2.05, 4.69) is 13.8 Å². The van der Waals surface area contributed by atoms with Crippen molar-refractivity contribution in [2.24, 2.45) is 41.4 Å². The zero-order chi connectivity index (χ0) is 19.1. The molecule has 3 atom stereocenters. The monoisotopic (exact) mass is 376 g/mol. The van der Waals surface area contributed by atoms with Crippen LogP contribution in [0.3, 0.4) is 0 Å². The highest BCUT2D eigenvalue weighted by Gasteiger charge is 2.37. The van der Waals surface area contributed by atoms with E-state index in [1.54, 1.807) is 12.8 Å². The quantitative estimate of drug-likeness (QED) is 0.432. The van der Waals surface area contributed by atoms with Crippen molar-refractivity contribution in [3.8, 4) is 0 Å². The smallest absolute Gasteiger partial charge is 0.0459 e. The molecule has 0 aromatic rings. The first kappa shape index (κ1) is 21.7. The molecular weight excluding hydrogens is 328 g/mol. The third-order valence-corrected chi connectivity index (χ3v) is 9.13. The van der Waals surface area contributed by atoms with Crippen molar-refractivity contribution in [3.63, 3.8) is 0 Å². The summed E-state index contributed by atoms with van der Waals surface area (Å²) in [5.74, 6) is 6.69. The van der Waals surface area contributed by atoms with Gasteiger partial charge >= 0.3 is 0 Å². The van der Waals surface area contributed by atoms with Crippen LogP contribution in [0.25, 0.3) is 0 Å². The Hall–Kier alpha value is -0.0400. The summed E-state index contributed by atoms with van der Waals surface area (Å²) in [5, 5.41) is 9.56. The van der Waals surface area contributed by atoms with Crippen LogP contribution in [-0.4, -0.2) is 11.7 Å². The van der Waals surface area contributed by atoms with Crippen molar-refractivity contribution in [3.05, 3.63) is 0 Å². The van der Waals surface area contributed by atoms with E-state index in [0.29, 0.717) is 12.5 Å². The predicted octanol–water partition coefficient (Wildman–Crippen LogP) is 7.61. The second-order valence-corrected chi connectivity index (χ2v) is 10.6. The minimum atomic E-state index is 0.428. The average molecular weight is 377 g/mol. The van der Waals surface area contributed by atoms with E-state index < -0.39 is 0 Å². The van der Waals surface area contributed by atoms with Crippen LogP contribution in [0.15, 0.2) is 0 Å². The van der Waals surface area contributed by atoms with Crippen molar-refractivity contribution in [1.29, 1.82) is 0 Å². The lowest BCUT2D eigenvalue weighted by Crippen LogP contribution is -2.34. The SMILES string of the molecule is CCCCCC1CCC(C2CCC(C3CCC(CO)CC3CC)CC2)CC1. The molecule has 3 aliphatic rings. The maximum Gasteiger partial charge on any atom is 0.0459 e. The molecule has 0 aromatic heterocycles. The normalized spacial score (nSPS) is 40.8. The van der Waals surface area contributed by atoms with Crippen LogP contribution < -0.4 is 0 Å². The number of unbranched alkanes of at least 4 members (excludes halogenated alkanes) is 2. The predicted molar refractivity (Wildman–Crippen MR) is 117 cm³/mol. The summed E-state index contributed by atoms with van der Waals surface area (Å²) in [6.07, 6.45) is 23.4. The second kappa shape index (κ2) is 11.2. The van der Waals surface area contributed by atoms with Gasteiger partial charge in [-0.25, -0.2) is 0 Å². The molecular formula is C26H48O. The molecule has 3 rings (SSSR count). The minimum absolute atomic E-state index is 0.428. The number of hydrogen-bond acceptors (Lipinski definition) is 1. The largest absolute Gasteiger partial charge is 0.396 e. The Labute approximate surface area is 170 Å². The van der Waals surface area contributed by atoms with Gasteiger partial charge in [0.1, 0.15) is 0 Å². The molecule has 0 amide bonds. The molecule has 0 saturated heterocycles. The zero-order valence-electron chi connectivity index (χ0n) is 18.5.